The predicted molar refractivity (Wildman–Crippen MR) is 132 cm³/mol. The first-order chi connectivity index (χ1) is 17.0. The molecule has 3 amide bonds. The molecule has 8 nitrogen and oxygen atoms in total. The number of hydrogen-bond acceptors (Lipinski definition) is 5. The van der Waals surface area contributed by atoms with Crippen LogP contribution in [0, 0.1) is 11.8 Å². The van der Waals surface area contributed by atoms with E-state index in [0.717, 1.165) is 31.2 Å². The molecule has 3 aliphatic heterocycles. The Morgan fingerprint density at radius 1 is 1.14 bits per heavy atom. The molecular formula is C26H34BrN3O5. The second-order valence-corrected chi connectivity index (χ2v) is 11.5. The highest BCUT2D eigenvalue weighted by Crippen LogP contribution is 2.60. The van der Waals surface area contributed by atoms with Gasteiger partial charge in [-0.25, -0.2) is 0 Å². The van der Waals surface area contributed by atoms with E-state index in [1.54, 1.807) is 4.90 Å². The Hall–Kier alpha value is -1.97. The number of nitrogens with one attached hydrogen (secondary N) is 2. The van der Waals surface area contributed by atoms with Gasteiger partial charge in [0, 0.05) is 30.6 Å². The van der Waals surface area contributed by atoms with Gasteiger partial charge >= 0.3 is 0 Å². The molecule has 3 N–H and O–H groups in total. The average molecular weight is 548 g/mol. The Kier molecular flexibility index (Phi) is 7.19. The van der Waals surface area contributed by atoms with Crippen molar-refractivity contribution in [2.45, 2.75) is 80.1 Å². The fourth-order valence-electron chi connectivity index (χ4n) is 6.64. The standard InChI is InChI=1S/C26H34BrN3O5/c27-18-14-26-20(19(21(18)35-26)23(32)28-15-16-8-3-1-4-9-16)25(34)30(12-7-13-31)22(26)24(33)29-17-10-5-2-6-11-17/h1,3-4,8-9,17-22,31H,2,5-7,10-15H2,(H,28,32)(H,29,33)/t18?,19-,20+,21-,22?,26?/m1/s1. The molecule has 35 heavy (non-hydrogen) atoms. The van der Waals surface area contributed by atoms with Crippen LogP contribution in [0.1, 0.15) is 50.5 Å². The third-order valence-corrected chi connectivity index (χ3v) is 9.00. The maximum Gasteiger partial charge on any atom is 0.246 e. The van der Waals surface area contributed by atoms with E-state index in [1.807, 2.05) is 30.3 Å². The number of hydrogen-bond donors (Lipinski definition) is 3. The van der Waals surface area contributed by atoms with Gasteiger partial charge < -0.3 is 25.4 Å². The minimum Gasteiger partial charge on any atom is -0.396 e. The maximum absolute atomic E-state index is 13.8. The van der Waals surface area contributed by atoms with Gasteiger partial charge in [-0.15, -0.1) is 0 Å². The fraction of sp³-hybridized carbons (Fsp3) is 0.654. The molecule has 3 heterocycles. The molecule has 1 aliphatic carbocycles. The lowest BCUT2D eigenvalue weighted by Crippen LogP contribution is -2.57. The highest BCUT2D eigenvalue weighted by Gasteiger charge is 2.76. The van der Waals surface area contributed by atoms with Crippen LogP contribution < -0.4 is 10.6 Å². The van der Waals surface area contributed by atoms with Crippen molar-refractivity contribution >= 4 is 33.7 Å². The van der Waals surface area contributed by atoms with Gasteiger partial charge in [-0.1, -0.05) is 65.5 Å². The number of benzene rings is 1. The van der Waals surface area contributed by atoms with Gasteiger partial charge in [0.2, 0.25) is 17.7 Å². The molecule has 0 aromatic heterocycles. The number of alkyl halides is 1. The molecule has 1 spiro atoms. The van der Waals surface area contributed by atoms with Crippen LogP contribution in [0.4, 0.5) is 0 Å². The number of aliphatic hydroxyl groups excluding tert-OH is 1. The number of nitrogens with zero attached hydrogens (tertiary/aromatic N) is 1. The summed E-state index contributed by atoms with van der Waals surface area (Å²) in [4.78, 5) is 42.3. The van der Waals surface area contributed by atoms with E-state index < -0.39 is 29.6 Å². The normalized spacial score (nSPS) is 34.2. The van der Waals surface area contributed by atoms with Crippen molar-refractivity contribution in [3.63, 3.8) is 0 Å². The van der Waals surface area contributed by atoms with E-state index in [0.29, 0.717) is 19.4 Å². The number of rotatable bonds is 8. The van der Waals surface area contributed by atoms with Crippen LogP contribution in [0.2, 0.25) is 0 Å². The van der Waals surface area contributed by atoms with Crippen LogP contribution in [0.3, 0.4) is 0 Å². The van der Waals surface area contributed by atoms with Gasteiger partial charge in [-0.3, -0.25) is 14.4 Å². The third kappa shape index (κ3) is 4.40. The largest absolute Gasteiger partial charge is 0.396 e. The second kappa shape index (κ2) is 10.2. The summed E-state index contributed by atoms with van der Waals surface area (Å²) in [5.74, 6) is -2.02. The van der Waals surface area contributed by atoms with Gasteiger partial charge in [0.15, 0.2) is 0 Å². The summed E-state index contributed by atoms with van der Waals surface area (Å²) >= 11 is 3.69. The van der Waals surface area contributed by atoms with E-state index in [9.17, 15) is 19.5 Å². The zero-order valence-corrected chi connectivity index (χ0v) is 21.4. The van der Waals surface area contributed by atoms with Gasteiger partial charge in [0.25, 0.3) is 0 Å². The Labute approximate surface area is 214 Å². The molecule has 4 fully saturated rings. The Balaban J connectivity index is 1.40. The van der Waals surface area contributed by atoms with Crippen molar-refractivity contribution in [3.05, 3.63) is 35.9 Å². The summed E-state index contributed by atoms with van der Waals surface area (Å²) in [5.41, 5.74) is -0.0686. The number of ether oxygens (including phenoxy) is 1. The van der Waals surface area contributed by atoms with Crippen molar-refractivity contribution in [2.75, 3.05) is 13.2 Å². The quantitative estimate of drug-likeness (QED) is 0.430. The summed E-state index contributed by atoms with van der Waals surface area (Å²) in [5, 5.41) is 15.6. The first-order valence-electron chi connectivity index (χ1n) is 12.8. The van der Waals surface area contributed by atoms with E-state index in [1.165, 1.54) is 6.42 Å². The first kappa shape index (κ1) is 24.7. The molecule has 1 aromatic carbocycles. The molecule has 2 bridgehead atoms. The lowest BCUT2D eigenvalue weighted by Gasteiger charge is -2.35. The number of fused-ring (bicyclic) bond motifs is 1. The lowest BCUT2D eigenvalue weighted by molar-refractivity contribution is -0.142. The number of halogens is 1. The van der Waals surface area contributed by atoms with Crippen LogP contribution in [0.25, 0.3) is 0 Å². The molecule has 3 saturated heterocycles. The molecule has 3 unspecified atom stereocenters. The van der Waals surface area contributed by atoms with Crippen molar-refractivity contribution in [2.24, 2.45) is 11.8 Å². The van der Waals surface area contributed by atoms with E-state index >= 15 is 0 Å². The van der Waals surface area contributed by atoms with E-state index in [4.69, 9.17) is 4.74 Å². The highest BCUT2D eigenvalue weighted by molar-refractivity contribution is 9.09. The van der Waals surface area contributed by atoms with E-state index in [-0.39, 0.29) is 41.7 Å². The van der Waals surface area contributed by atoms with Gasteiger partial charge in [-0.2, -0.15) is 0 Å². The number of carbonyl (C=O) groups excluding carboxylic acids is 3. The molecule has 0 radical (unpaired) electrons. The van der Waals surface area contributed by atoms with Crippen molar-refractivity contribution < 1.29 is 24.2 Å². The summed E-state index contributed by atoms with van der Waals surface area (Å²) in [6, 6.07) is 8.94. The van der Waals surface area contributed by atoms with Crippen LogP contribution in [0.5, 0.6) is 0 Å². The first-order valence-corrected chi connectivity index (χ1v) is 13.7. The van der Waals surface area contributed by atoms with Crippen LogP contribution in [-0.4, -0.2) is 69.5 Å². The Morgan fingerprint density at radius 2 is 1.89 bits per heavy atom. The molecule has 9 heteroatoms. The topological polar surface area (TPSA) is 108 Å². The van der Waals surface area contributed by atoms with Crippen LogP contribution in [-0.2, 0) is 25.7 Å². The van der Waals surface area contributed by atoms with Crippen molar-refractivity contribution in [1.29, 1.82) is 0 Å². The fourth-order valence-corrected chi connectivity index (χ4v) is 7.58. The van der Waals surface area contributed by atoms with Crippen LogP contribution in [0.15, 0.2) is 30.3 Å². The summed E-state index contributed by atoms with van der Waals surface area (Å²) in [6.45, 7) is 0.545. The van der Waals surface area contributed by atoms with Crippen molar-refractivity contribution in [1.82, 2.24) is 15.5 Å². The number of likely N-dealkylation sites (tertiary alicyclic amines) is 1. The summed E-state index contributed by atoms with van der Waals surface area (Å²) in [7, 11) is 0. The minimum atomic E-state index is -1.04. The predicted octanol–water partition coefficient (Wildman–Crippen LogP) is 1.88. The number of aliphatic hydroxyl groups is 1. The Bertz CT molecular complexity index is 956. The van der Waals surface area contributed by atoms with Gasteiger partial charge in [0.05, 0.1) is 17.9 Å². The highest BCUT2D eigenvalue weighted by atomic mass is 79.9. The second-order valence-electron chi connectivity index (χ2n) is 10.3. The smallest absolute Gasteiger partial charge is 0.246 e. The minimum absolute atomic E-state index is 0.0794. The maximum atomic E-state index is 13.8. The molecule has 6 atom stereocenters. The molecule has 1 aromatic rings. The number of carbonyl (C=O) groups is 3. The Morgan fingerprint density at radius 3 is 2.60 bits per heavy atom. The summed E-state index contributed by atoms with van der Waals surface area (Å²) < 4.78 is 6.49. The SMILES string of the molecule is O=C(NC1CCCCC1)C1N(CCCO)C(=O)[C@@H]2[C@@H](C(=O)NCc3ccccc3)[C@@H]3OC12CC3Br. The molecule has 5 rings (SSSR count). The summed E-state index contributed by atoms with van der Waals surface area (Å²) in [6.07, 6.45) is 5.62. The lowest BCUT2D eigenvalue weighted by atomic mass is 9.70. The molecule has 190 valence electrons. The van der Waals surface area contributed by atoms with Crippen LogP contribution >= 0.6 is 15.9 Å². The molecule has 1 saturated carbocycles. The average Bonchev–Trinajstić information content (AvgIpc) is 3.45. The van der Waals surface area contributed by atoms with E-state index in [2.05, 4.69) is 26.6 Å². The zero-order chi connectivity index (χ0) is 24.6. The molecular weight excluding hydrogens is 514 g/mol. The monoisotopic (exact) mass is 547 g/mol. The zero-order valence-electron chi connectivity index (χ0n) is 19.8. The van der Waals surface area contributed by atoms with Gasteiger partial charge in [0.1, 0.15) is 11.6 Å². The third-order valence-electron chi connectivity index (χ3n) is 8.16. The number of amides is 3. The molecule has 4 aliphatic rings. The van der Waals surface area contributed by atoms with Gasteiger partial charge in [-0.05, 0) is 31.2 Å². The van der Waals surface area contributed by atoms with Crippen molar-refractivity contribution in [3.8, 4) is 0 Å².